The number of hydrogen-bond donors (Lipinski definition) is 0. The number of aryl methyl sites for hydroxylation is 2. The molecule has 156 valence electrons. The summed E-state index contributed by atoms with van der Waals surface area (Å²) in [7, 11) is 3.57. The van der Waals surface area contributed by atoms with Crippen molar-refractivity contribution in [3.05, 3.63) is 35.2 Å². The highest BCUT2D eigenvalue weighted by atomic mass is 32.2. The fourth-order valence-corrected chi connectivity index (χ4v) is 4.31. The molecule has 3 heterocycles. The molecule has 1 aliphatic heterocycles. The fraction of sp³-hybridized carbons (Fsp3) is 0.429. The summed E-state index contributed by atoms with van der Waals surface area (Å²) in [5.41, 5.74) is 3.24. The van der Waals surface area contributed by atoms with Gasteiger partial charge in [-0.3, -0.25) is 0 Å². The first-order valence-electron chi connectivity index (χ1n) is 9.90. The van der Waals surface area contributed by atoms with Gasteiger partial charge in [-0.1, -0.05) is 24.8 Å². The first-order valence-corrected chi connectivity index (χ1v) is 10.9. The Labute approximate surface area is 179 Å². The molecule has 0 saturated carbocycles. The molecule has 0 spiro atoms. The summed E-state index contributed by atoms with van der Waals surface area (Å²) in [6.07, 6.45) is 0.834. The Morgan fingerprint density at radius 3 is 2.73 bits per heavy atom. The van der Waals surface area contributed by atoms with Crippen molar-refractivity contribution in [2.24, 2.45) is 7.05 Å². The second-order valence-electron chi connectivity index (χ2n) is 6.98. The number of aromatic nitrogens is 4. The maximum Gasteiger partial charge on any atom is 0.191 e. The van der Waals surface area contributed by atoms with Crippen molar-refractivity contribution in [3.8, 4) is 11.8 Å². The summed E-state index contributed by atoms with van der Waals surface area (Å²) in [5, 5.41) is 10.0. The minimum Gasteiger partial charge on any atom is -0.495 e. The molecule has 0 amide bonds. The molecular formula is C21H24N6O2S. The monoisotopic (exact) mass is 424 g/mol. The van der Waals surface area contributed by atoms with Gasteiger partial charge in [-0.2, -0.15) is 5.26 Å². The van der Waals surface area contributed by atoms with E-state index in [1.54, 1.807) is 18.9 Å². The Bertz CT molecular complexity index is 1100. The zero-order chi connectivity index (χ0) is 21.1. The molecule has 1 fully saturated rings. The standard InChI is InChI=1S/C21H24N6O2S/c1-4-17-23-18-19(26(17)2)24-21(25-20(18)27-7-9-29-10-8-27)30-13-14-5-6-16(28-3)15(11-14)12-22/h5-6,11H,4,7-10,13H2,1-3H3. The van der Waals surface area contributed by atoms with E-state index in [0.717, 1.165) is 47.9 Å². The Hall–Kier alpha value is -2.83. The molecule has 0 N–H and O–H groups in total. The molecule has 30 heavy (non-hydrogen) atoms. The molecule has 0 aliphatic carbocycles. The van der Waals surface area contributed by atoms with Crippen LogP contribution in [-0.2, 0) is 24.0 Å². The second kappa shape index (κ2) is 8.90. The van der Waals surface area contributed by atoms with Crippen LogP contribution in [0.5, 0.6) is 5.75 Å². The predicted octanol–water partition coefficient (Wildman–Crippen LogP) is 2.93. The van der Waals surface area contributed by atoms with Gasteiger partial charge in [0.05, 0.1) is 25.9 Å². The van der Waals surface area contributed by atoms with E-state index >= 15 is 0 Å². The van der Waals surface area contributed by atoms with Gasteiger partial charge < -0.3 is 18.9 Å². The van der Waals surface area contributed by atoms with Gasteiger partial charge in [-0.25, -0.2) is 15.0 Å². The first kappa shape index (κ1) is 20.4. The molecule has 0 bridgehead atoms. The largest absolute Gasteiger partial charge is 0.495 e. The van der Waals surface area contributed by atoms with Crippen LogP contribution in [0.2, 0.25) is 0 Å². The third kappa shape index (κ3) is 3.93. The van der Waals surface area contributed by atoms with E-state index in [4.69, 9.17) is 24.4 Å². The van der Waals surface area contributed by atoms with E-state index in [2.05, 4.69) is 17.9 Å². The lowest BCUT2D eigenvalue weighted by Gasteiger charge is -2.28. The zero-order valence-electron chi connectivity index (χ0n) is 17.4. The number of imidazole rings is 1. The van der Waals surface area contributed by atoms with Crippen molar-refractivity contribution in [1.29, 1.82) is 5.26 Å². The van der Waals surface area contributed by atoms with E-state index in [-0.39, 0.29) is 0 Å². The Morgan fingerprint density at radius 2 is 2.03 bits per heavy atom. The number of hydrogen-bond acceptors (Lipinski definition) is 8. The molecule has 1 aliphatic rings. The highest BCUT2D eigenvalue weighted by Crippen LogP contribution is 2.30. The lowest BCUT2D eigenvalue weighted by molar-refractivity contribution is 0.122. The van der Waals surface area contributed by atoms with E-state index in [0.29, 0.717) is 35.4 Å². The van der Waals surface area contributed by atoms with E-state index in [1.165, 1.54) is 0 Å². The van der Waals surface area contributed by atoms with Crippen LogP contribution in [0.1, 0.15) is 23.9 Å². The van der Waals surface area contributed by atoms with E-state index in [9.17, 15) is 5.26 Å². The third-order valence-electron chi connectivity index (χ3n) is 5.15. The molecule has 3 aromatic rings. The Morgan fingerprint density at radius 1 is 1.23 bits per heavy atom. The van der Waals surface area contributed by atoms with Gasteiger partial charge in [-0.05, 0) is 17.7 Å². The third-order valence-corrected chi connectivity index (χ3v) is 6.07. The number of morpholine rings is 1. The normalized spacial score (nSPS) is 14.1. The van der Waals surface area contributed by atoms with Gasteiger partial charge in [0.2, 0.25) is 0 Å². The van der Waals surface area contributed by atoms with Crippen LogP contribution in [0.15, 0.2) is 23.4 Å². The molecule has 9 heteroatoms. The van der Waals surface area contributed by atoms with Crippen molar-refractivity contribution in [2.45, 2.75) is 24.3 Å². The molecule has 1 aromatic carbocycles. The van der Waals surface area contributed by atoms with Crippen molar-refractivity contribution in [3.63, 3.8) is 0 Å². The second-order valence-corrected chi connectivity index (χ2v) is 7.92. The van der Waals surface area contributed by atoms with Crippen molar-refractivity contribution >= 4 is 28.7 Å². The fourth-order valence-electron chi connectivity index (χ4n) is 3.53. The SMILES string of the molecule is CCc1nc2c(N3CCOCC3)nc(SCc3ccc(OC)c(C#N)c3)nc2n1C. The first-order chi connectivity index (χ1) is 14.6. The topological polar surface area (TPSA) is 89.1 Å². The van der Waals surface area contributed by atoms with Crippen LogP contribution in [0.3, 0.4) is 0 Å². The van der Waals surface area contributed by atoms with Crippen molar-refractivity contribution in [1.82, 2.24) is 19.5 Å². The lowest BCUT2D eigenvalue weighted by atomic mass is 10.1. The molecule has 2 aromatic heterocycles. The predicted molar refractivity (Wildman–Crippen MR) is 116 cm³/mol. The maximum atomic E-state index is 9.33. The summed E-state index contributed by atoms with van der Waals surface area (Å²) < 4.78 is 12.8. The number of nitrogens with zero attached hydrogens (tertiary/aromatic N) is 6. The number of ether oxygens (including phenoxy) is 2. The number of nitriles is 1. The summed E-state index contributed by atoms with van der Waals surface area (Å²) in [6, 6.07) is 7.83. The van der Waals surface area contributed by atoms with Gasteiger partial charge in [-0.15, -0.1) is 0 Å². The Balaban J connectivity index is 1.67. The Kier molecular flexibility index (Phi) is 6.06. The zero-order valence-corrected chi connectivity index (χ0v) is 18.2. The van der Waals surface area contributed by atoms with Crippen LogP contribution in [0.4, 0.5) is 5.82 Å². The average Bonchev–Trinajstić information content (AvgIpc) is 3.13. The van der Waals surface area contributed by atoms with Crippen molar-refractivity contribution in [2.75, 3.05) is 38.3 Å². The molecule has 0 atom stereocenters. The smallest absolute Gasteiger partial charge is 0.191 e. The van der Waals surface area contributed by atoms with E-state index < -0.39 is 0 Å². The number of anilines is 1. The van der Waals surface area contributed by atoms with Gasteiger partial charge in [0.15, 0.2) is 22.1 Å². The van der Waals surface area contributed by atoms with Gasteiger partial charge in [0, 0.05) is 32.3 Å². The van der Waals surface area contributed by atoms with Crippen LogP contribution in [0.25, 0.3) is 11.2 Å². The summed E-state index contributed by atoms with van der Waals surface area (Å²) in [5.74, 6) is 3.10. The minimum absolute atomic E-state index is 0.528. The summed E-state index contributed by atoms with van der Waals surface area (Å²) in [6.45, 7) is 5.04. The number of thioether (sulfide) groups is 1. The van der Waals surface area contributed by atoms with Crippen LogP contribution in [0, 0.1) is 11.3 Å². The van der Waals surface area contributed by atoms with Crippen LogP contribution < -0.4 is 9.64 Å². The highest BCUT2D eigenvalue weighted by Gasteiger charge is 2.21. The molecule has 1 saturated heterocycles. The maximum absolute atomic E-state index is 9.33. The van der Waals surface area contributed by atoms with Gasteiger partial charge >= 0.3 is 0 Å². The number of rotatable bonds is 6. The lowest BCUT2D eigenvalue weighted by Crippen LogP contribution is -2.37. The molecule has 8 nitrogen and oxygen atoms in total. The van der Waals surface area contributed by atoms with E-state index in [1.807, 2.05) is 29.8 Å². The highest BCUT2D eigenvalue weighted by molar-refractivity contribution is 7.98. The van der Waals surface area contributed by atoms with Gasteiger partial charge in [0.1, 0.15) is 17.6 Å². The molecule has 4 rings (SSSR count). The molecule has 0 radical (unpaired) electrons. The number of benzene rings is 1. The number of methoxy groups -OCH3 is 1. The van der Waals surface area contributed by atoms with Gasteiger partial charge in [0.25, 0.3) is 0 Å². The summed E-state index contributed by atoms with van der Waals surface area (Å²) >= 11 is 1.55. The summed E-state index contributed by atoms with van der Waals surface area (Å²) in [4.78, 5) is 16.7. The van der Waals surface area contributed by atoms with Crippen LogP contribution >= 0.6 is 11.8 Å². The average molecular weight is 425 g/mol. The number of fused-ring (bicyclic) bond motifs is 1. The van der Waals surface area contributed by atoms with Crippen LogP contribution in [-0.4, -0.2) is 52.9 Å². The molecule has 0 unspecified atom stereocenters. The van der Waals surface area contributed by atoms with Crippen molar-refractivity contribution < 1.29 is 9.47 Å². The molecular weight excluding hydrogens is 400 g/mol. The minimum atomic E-state index is 0.528. The quantitative estimate of drug-likeness (QED) is 0.441.